The van der Waals surface area contributed by atoms with Gasteiger partial charge in [0.25, 0.3) is 0 Å². The summed E-state index contributed by atoms with van der Waals surface area (Å²) in [4.78, 5) is 2.49. The highest BCUT2D eigenvalue weighted by Crippen LogP contribution is 2.33. The Morgan fingerprint density at radius 2 is 1.97 bits per heavy atom. The highest BCUT2D eigenvalue weighted by Gasteiger charge is 2.48. The first-order valence-corrected chi connectivity index (χ1v) is 13.3. The number of hydrazine groups is 1. The van der Waals surface area contributed by atoms with Crippen LogP contribution in [-0.4, -0.2) is 114 Å². The van der Waals surface area contributed by atoms with Gasteiger partial charge in [0.05, 0.1) is 36.8 Å². The monoisotopic (exact) mass is 458 g/mol. The maximum atomic E-state index is 13.4. The summed E-state index contributed by atoms with van der Waals surface area (Å²) in [6.07, 6.45) is 3.71. The standard InChI is InChI=1S/C20H38N6O4S/c1-25-20-13(9-23-25)3-6-17(29-2)19(20)24-31(27,28)14-4-5-15(21-10-14)16-11-22-18-12-30-8-7-26(16)18/h13-24H,3-12H2,1-2H3. The zero-order valence-corrected chi connectivity index (χ0v) is 19.4. The molecule has 4 heterocycles. The topological polar surface area (TPSA) is 107 Å². The van der Waals surface area contributed by atoms with Crippen molar-refractivity contribution in [1.82, 2.24) is 30.7 Å². The summed E-state index contributed by atoms with van der Waals surface area (Å²) >= 11 is 0. The fourth-order valence-electron chi connectivity index (χ4n) is 6.47. The van der Waals surface area contributed by atoms with Crippen LogP contribution in [0, 0.1) is 5.92 Å². The van der Waals surface area contributed by atoms with E-state index in [-0.39, 0.29) is 18.2 Å². The molecule has 5 fully saturated rings. The number of hydrogen-bond acceptors (Lipinski definition) is 9. The van der Waals surface area contributed by atoms with Crippen molar-refractivity contribution >= 4 is 10.0 Å². The normalized spacial score (nSPS) is 44.8. The van der Waals surface area contributed by atoms with Crippen LogP contribution in [0.2, 0.25) is 0 Å². The lowest BCUT2D eigenvalue weighted by Crippen LogP contribution is -2.62. The first kappa shape index (κ1) is 22.4. The van der Waals surface area contributed by atoms with Gasteiger partial charge in [0.15, 0.2) is 0 Å². The molecule has 11 heteroatoms. The summed E-state index contributed by atoms with van der Waals surface area (Å²) in [5.41, 5.74) is 3.37. The molecule has 31 heavy (non-hydrogen) atoms. The average Bonchev–Trinajstić information content (AvgIpc) is 3.38. The van der Waals surface area contributed by atoms with Crippen molar-refractivity contribution in [3.63, 3.8) is 0 Å². The third kappa shape index (κ3) is 4.29. The fraction of sp³-hybridized carbons (Fsp3) is 1.00. The second kappa shape index (κ2) is 9.11. The van der Waals surface area contributed by atoms with Gasteiger partial charge in [-0.2, -0.15) is 0 Å². The molecule has 8 atom stereocenters. The molecule has 8 unspecified atom stereocenters. The average molecular weight is 459 g/mol. The van der Waals surface area contributed by atoms with Gasteiger partial charge in [-0.05, 0) is 31.6 Å². The quantitative estimate of drug-likeness (QED) is 0.382. The van der Waals surface area contributed by atoms with Crippen molar-refractivity contribution in [3.8, 4) is 0 Å². The van der Waals surface area contributed by atoms with E-state index < -0.39 is 15.3 Å². The Morgan fingerprint density at radius 1 is 1.10 bits per heavy atom. The number of methoxy groups -OCH3 is 1. The summed E-state index contributed by atoms with van der Waals surface area (Å²) in [6.45, 7) is 4.78. The van der Waals surface area contributed by atoms with Crippen LogP contribution in [-0.2, 0) is 19.5 Å². The van der Waals surface area contributed by atoms with Gasteiger partial charge in [-0.25, -0.2) is 18.1 Å². The Bertz CT molecular complexity index is 733. The zero-order valence-electron chi connectivity index (χ0n) is 18.6. The number of ether oxygens (including phenoxy) is 2. The molecule has 4 aliphatic heterocycles. The summed E-state index contributed by atoms with van der Waals surface area (Å²) in [6, 6.07) is 0.624. The summed E-state index contributed by atoms with van der Waals surface area (Å²) < 4.78 is 41.1. The molecule has 0 aromatic rings. The van der Waals surface area contributed by atoms with E-state index in [1.165, 1.54) is 0 Å². The summed E-state index contributed by atoms with van der Waals surface area (Å²) in [5.74, 6) is 0.453. The van der Waals surface area contributed by atoms with Gasteiger partial charge >= 0.3 is 0 Å². The van der Waals surface area contributed by atoms with Crippen LogP contribution in [0.3, 0.4) is 0 Å². The maximum absolute atomic E-state index is 13.4. The Morgan fingerprint density at radius 3 is 2.74 bits per heavy atom. The number of nitrogens with one attached hydrogen (secondary N) is 4. The van der Waals surface area contributed by atoms with Gasteiger partial charge < -0.3 is 14.8 Å². The molecule has 178 valence electrons. The molecule has 0 aromatic carbocycles. The Hall–Kier alpha value is -0.370. The first-order chi connectivity index (χ1) is 15.0. The SMILES string of the molecule is COC1CCC2CNN(C)C2C1NS(=O)(=O)C1CCC(C2CNC3COCCN32)NC1. The summed E-state index contributed by atoms with van der Waals surface area (Å²) in [5, 5.41) is 8.78. The molecule has 5 aliphatic rings. The molecule has 0 spiro atoms. The number of likely N-dealkylation sites (N-methyl/N-ethyl adjacent to an activating group) is 1. The minimum absolute atomic E-state index is 0.0921. The molecule has 0 radical (unpaired) electrons. The number of sulfonamides is 1. The van der Waals surface area contributed by atoms with E-state index >= 15 is 0 Å². The molecule has 1 saturated carbocycles. The molecule has 5 rings (SSSR count). The third-order valence-corrected chi connectivity index (χ3v) is 10.1. The predicted molar refractivity (Wildman–Crippen MR) is 117 cm³/mol. The van der Waals surface area contributed by atoms with E-state index in [9.17, 15) is 8.42 Å². The van der Waals surface area contributed by atoms with Gasteiger partial charge in [0, 0.05) is 58.5 Å². The van der Waals surface area contributed by atoms with Crippen molar-refractivity contribution < 1.29 is 17.9 Å². The summed E-state index contributed by atoms with van der Waals surface area (Å²) in [7, 11) is 0.241. The molecular weight excluding hydrogens is 420 g/mol. The number of rotatable bonds is 5. The van der Waals surface area contributed by atoms with Crippen LogP contribution in [0.1, 0.15) is 25.7 Å². The first-order valence-electron chi connectivity index (χ1n) is 11.8. The van der Waals surface area contributed by atoms with E-state index in [2.05, 4.69) is 30.7 Å². The van der Waals surface area contributed by atoms with Crippen LogP contribution in [0.4, 0.5) is 0 Å². The number of piperidine rings is 1. The minimum Gasteiger partial charge on any atom is -0.380 e. The maximum Gasteiger partial charge on any atom is 0.216 e. The minimum atomic E-state index is -3.45. The predicted octanol–water partition coefficient (Wildman–Crippen LogP) is -1.73. The number of fused-ring (bicyclic) bond motifs is 2. The molecule has 10 nitrogen and oxygen atoms in total. The third-order valence-electron chi connectivity index (χ3n) is 8.20. The lowest BCUT2D eigenvalue weighted by molar-refractivity contribution is -0.0145. The number of hydrogen-bond donors (Lipinski definition) is 4. The number of morpholine rings is 1. The smallest absolute Gasteiger partial charge is 0.216 e. The van der Waals surface area contributed by atoms with E-state index in [1.54, 1.807) is 7.11 Å². The van der Waals surface area contributed by atoms with Gasteiger partial charge in [-0.1, -0.05) is 0 Å². The second-order valence-electron chi connectivity index (χ2n) is 9.78. The van der Waals surface area contributed by atoms with Gasteiger partial charge in [-0.15, -0.1) is 0 Å². The largest absolute Gasteiger partial charge is 0.380 e. The van der Waals surface area contributed by atoms with E-state index in [0.29, 0.717) is 37.1 Å². The van der Waals surface area contributed by atoms with Crippen molar-refractivity contribution in [2.24, 2.45) is 5.92 Å². The molecule has 4 N–H and O–H groups in total. The van der Waals surface area contributed by atoms with Crippen LogP contribution in [0.15, 0.2) is 0 Å². The van der Waals surface area contributed by atoms with Crippen molar-refractivity contribution in [3.05, 3.63) is 0 Å². The van der Waals surface area contributed by atoms with Gasteiger partial charge in [0.1, 0.15) is 0 Å². The Kier molecular flexibility index (Phi) is 6.59. The van der Waals surface area contributed by atoms with Crippen LogP contribution < -0.4 is 20.8 Å². The van der Waals surface area contributed by atoms with E-state index in [4.69, 9.17) is 9.47 Å². The molecule has 1 aliphatic carbocycles. The van der Waals surface area contributed by atoms with Crippen LogP contribution in [0.25, 0.3) is 0 Å². The van der Waals surface area contributed by atoms with E-state index in [0.717, 1.165) is 52.1 Å². The van der Waals surface area contributed by atoms with Gasteiger partial charge in [-0.3, -0.25) is 15.6 Å². The Balaban J connectivity index is 1.21. The molecule has 0 amide bonds. The van der Waals surface area contributed by atoms with Crippen LogP contribution >= 0.6 is 0 Å². The molecule has 4 saturated heterocycles. The zero-order chi connectivity index (χ0) is 21.6. The highest BCUT2D eigenvalue weighted by atomic mass is 32.2. The second-order valence-corrected chi connectivity index (χ2v) is 11.8. The molecule has 0 aromatic heterocycles. The fourth-order valence-corrected chi connectivity index (χ4v) is 8.09. The lowest BCUT2D eigenvalue weighted by Gasteiger charge is -2.42. The van der Waals surface area contributed by atoms with Crippen molar-refractivity contribution in [1.29, 1.82) is 0 Å². The Labute approximate surface area is 185 Å². The molecule has 0 bridgehead atoms. The van der Waals surface area contributed by atoms with Gasteiger partial charge in [0.2, 0.25) is 10.0 Å². The lowest BCUT2D eigenvalue weighted by atomic mass is 9.80. The van der Waals surface area contributed by atoms with Crippen LogP contribution in [0.5, 0.6) is 0 Å². The van der Waals surface area contributed by atoms with E-state index in [1.807, 2.05) is 7.05 Å². The van der Waals surface area contributed by atoms with Crippen molar-refractivity contribution in [2.75, 3.05) is 53.6 Å². The number of nitrogens with zero attached hydrogens (tertiary/aromatic N) is 2. The highest BCUT2D eigenvalue weighted by molar-refractivity contribution is 7.90. The van der Waals surface area contributed by atoms with Crippen molar-refractivity contribution in [2.45, 2.75) is 67.4 Å². The molecular formula is C20H38N6O4S.